The quantitative estimate of drug-likeness (QED) is 0.751. The van der Waals surface area contributed by atoms with Crippen LogP contribution in [0.1, 0.15) is 38.2 Å². The van der Waals surface area contributed by atoms with Crippen LogP contribution in [-0.2, 0) is 6.18 Å². The van der Waals surface area contributed by atoms with E-state index in [0.29, 0.717) is 11.1 Å². The molecule has 27 heavy (non-hydrogen) atoms. The number of carbonyl (C=O) groups is 1. The first-order valence-electron chi connectivity index (χ1n) is 8.56. The Balaban J connectivity index is 2.24. The maximum atomic E-state index is 12.7. The topological polar surface area (TPSA) is 84.0 Å². The van der Waals surface area contributed by atoms with Gasteiger partial charge in [-0.3, -0.25) is 9.78 Å². The average Bonchev–Trinajstić information content (AvgIpc) is 2.61. The molecule has 0 aliphatic rings. The summed E-state index contributed by atoms with van der Waals surface area (Å²) in [5.41, 5.74) is -2.48. The summed E-state index contributed by atoms with van der Waals surface area (Å²) in [5, 5.41) is 2.58. The smallest absolute Gasteiger partial charge is 0.337 e. The number of aromatic amines is 1. The third-order valence-electron chi connectivity index (χ3n) is 3.99. The average molecular weight is 383 g/mol. The molecule has 2 rings (SSSR count). The van der Waals surface area contributed by atoms with Crippen molar-refractivity contribution in [3.63, 3.8) is 0 Å². The lowest BCUT2D eigenvalue weighted by molar-refractivity contribution is -0.137. The van der Waals surface area contributed by atoms with E-state index < -0.39 is 29.0 Å². The first kappa shape index (κ1) is 20.5. The summed E-state index contributed by atoms with van der Waals surface area (Å²) in [4.78, 5) is 38.1. The molecule has 0 saturated carbocycles. The Morgan fingerprint density at radius 2 is 1.78 bits per heavy atom. The second-order valence-electron chi connectivity index (χ2n) is 6.04. The summed E-state index contributed by atoms with van der Waals surface area (Å²) in [6.45, 7) is 2.43. The van der Waals surface area contributed by atoms with Gasteiger partial charge >= 0.3 is 17.9 Å². The summed E-state index contributed by atoms with van der Waals surface area (Å²) < 4.78 is 38.7. The molecule has 6 nitrogen and oxygen atoms in total. The predicted octanol–water partition coefficient (Wildman–Crippen LogP) is 3.36. The molecule has 0 unspecified atom stereocenters. The van der Waals surface area contributed by atoms with Gasteiger partial charge in [-0.1, -0.05) is 38.3 Å². The largest absolute Gasteiger partial charge is 0.416 e. The summed E-state index contributed by atoms with van der Waals surface area (Å²) in [6, 6.07) is 3.19. The highest BCUT2D eigenvalue weighted by Gasteiger charge is 2.30. The third kappa shape index (κ3) is 5.32. The maximum Gasteiger partial charge on any atom is 0.416 e. The standard InChI is InChI=1S/C18H20F3N3O3/c1-2-3-4-5-10-22-16(26)24-11-14(15(25)23-17(24)27)12-6-8-13(9-7-12)18(19,20)21/h6-9,11H,2-5,10H2,1H3,(H,22,26)(H,23,25,27). The van der Waals surface area contributed by atoms with Crippen LogP contribution in [0.3, 0.4) is 0 Å². The number of unbranched alkanes of at least 4 members (excludes halogenated alkanes) is 3. The molecule has 146 valence electrons. The molecule has 2 aromatic rings. The number of hydrogen-bond donors (Lipinski definition) is 2. The normalized spacial score (nSPS) is 11.4. The van der Waals surface area contributed by atoms with E-state index in [1.807, 2.05) is 4.98 Å². The number of rotatable bonds is 6. The van der Waals surface area contributed by atoms with E-state index in [1.54, 1.807) is 0 Å². The van der Waals surface area contributed by atoms with Gasteiger partial charge in [0.2, 0.25) is 0 Å². The molecular weight excluding hydrogens is 363 g/mol. The second-order valence-corrected chi connectivity index (χ2v) is 6.04. The molecule has 0 saturated heterocycles. The molecular formula is C18H20F3N3O3. The molecule has 2 N–H and O–H groups in total. The van der Waals surface area contributed by atoms with Gasteiger partial charge in [0.15, 0.2) is 0 Å². The number of benzene rings is 1. The van der Waals surface area contributed by atoms with Crippen LogP contribution in [0.25, 0.3) is 11.1 Å². The van der Waals surface area contributed by atoms with Gasteiger partial charge in [0.05, 0.1) is 11.1 Å². The lowest BCUT2D eigenvalue weighted by Gasteiger charge is -2.10. The first-order chi connectivity index (χ1) is 12.7. The van der Waals surface area contributed by atoms with Crippen LogP contribution in [0.5, 0.6) is 0 Å². The lowest BCUT2D eigenvalue weighted by atomic mass is 10.1. The van der Waals surface area contributed by atoms with Crippen molar-refractivity contribution in [2.45, 2.75) is 38.8 Å². The fraction of sp³-hybridized carbons (Fsp3) is 0.389. The molecule has 0 radical (unpaired) electrons. The van der Waals surface area contributed by atoms with Crippen molar-refractivity contribution in [3.8, 4) is 11.1 Å². The van der Waals surface area contributed by atoms with E-state index >= 15 is 0 Å². The molecule has 0 spiro atoms. The number of nitrogens with one attached hydrogen (secondary N) is 2. The molecule has 1 aromatic carbocycles. The highest BCUT2D eigenvalue weighted by atomic mass is 19.4. The summed E-state index contributed by atoms with van der Waals surface area (Å²) in [7, 11) is 0. The van der Waals surface area contributed by atoms with Crippen molar-refractivity contribution in [3.05, 3.63) is 56.9 Å². The second kappa shape index (κ2) is 8.70. The van der Waals surface area contributed by atoms with Crippen molar-refractivity contribution in [2.75, 3.05) is 6.54 Å². The molecule has 1 amide bonds. The van der Waals surface area contributed by atoms with Crippen LogP contribution in [0, 0.1) is 0 Å². The maximum absolute atomic E-state index is 12.7. The van der Waals surface area contributed by atoms with Crippen LogP contribution in [0.15, 0.2) is 40.1 Å². The summed E-state index contributed by atoms with van der Waals surface area (Å²) in [5.74, 6) is 0. The number of alkyl halides is 3. The number of nitrogens with zero attached hydrogens (tertiary/aromatic N) is 1. The molecule has 0 atom stereocenters. The van der Waals surface area contributed by atoms with E-state index in [-0.39, 0.29) is 11.1 Å². The van der Waals surface area contributed by atoms with Gasteiger partial charge in [0.1, 0.15) is 0 Å². The van der Waals surface area contributed by atoms with Crippen LogP contribution in [-0.4, -0.2) is 22.1 Å². The Morgan fingerprint density at radius 1 is 1.11 bits per heavy atom. The Labute approximate surface area is 153 Å². The molecule has 1 aromatic heterocycles. The van der Waals surface area contributed by atoms with Crippen molar-refractivity contribution >= 4 is 6.03 Å². The molecule has 0 aliphatic heterocycles. The van der Waals surface area contributed by atoms with Crippen molar-refractivity contribution in [1.29, 1.82) is 0 Å². The number of amides is 1. The van der Waals surface area contributed by atoms with Gasteiger partial charge in [0, 0.05) is 12.7 Å². The zero-order chi connectivity index (χ0) is 20.0. The predicted molar refractivity (Wildman–Crippen MR) is 94.7 cm³/mol. The lowest BCUT2D eigenvalue weighted by Crippen LogP contribution is -2.40. The minimum Gasteiger partial charge on any atom is -0.337 e. The van der Waals surface area contributed by atoms with E-state index in [4.69, 9.17) is 0 Å². The fourth-order valence-corrected chi connectivity index (χ4v) is 2.50. The highest BCUT2D eigenvalue weighted by Crippen LogP contribution is 2.30. The van der Waals surface area contributed by atoms with E-state index in [9.17, 15) is 27.6 Å². The van der Waals surface area contributed by atoms with Crippen LogP contribution < -0.4 is 16.6 Å². The number of halogens is 3. The number of carbonyl (C=O) groups excluding carboxylic acids is 1. The monoisotopic (exact) mass is 383 g/mol. The van der Waals surface area contributed by atoms with Crippen LogP contribution in [0.2, 0.25) is 0 Å². The van der Waals surface area contributed by atoms with E-state index in [1.165, 1.54) is 0 Å². The Kier molecular flexibility index (Phi) is 6.59. The summed E-state index contributed by atoms with van der Waals surface area (Å²) in [6.07, 6.45) is 0.306. The third-order valence-corrected chi connectivity index (χ3v) is 3.99. The van der Waals surface area contributed by atoms with Crippen LogP contribution in [0.4, 0.5) is 18.0 Å². The Morgan fingerprint density at radius 3 is 2.37 bits per heavy atom. The van der Waals surface area contributed by atoms with Crippen molar-refractivity contribution < 1.29 is 18.0 Å². The first-order valence-corrected chi connectivity index (χ1v) is 8.56. The van der Waals surface area contributed by atoms with Gasteiger partial charge in [-0.15, -0.1) is 0 Å². The zero-order valence-electron chi connectivity index (χ0n) is 14.7. The summed E-state index contributed by atoms with van der Waals surface area (Å²) >= 11 is 0. The van der Waals surface area contributed by atoms with Gasteiger partial charge in [0.25, 0.3) is 5.56 Å². The number of aromatic nitrogens is 2. The van der Waals surface area contributed by atoms with Crippen molar-refractivity contribution in [1.82, 2.24) is 14.9 Å². The Hall–Kier alpha value is -2.84. The molecule has 0 bridgehead atoms. The Bertz CT molecular complexity index is 899. The SMILES string of the molecule is CCCCCCNC(=O)n1cc(-c2ccc(C(F)(F)F)cc2)c(=O)[nH]c1=O. The van der Waals surface area contributed by atoms with E-state index in [2.05, 4.69) is 12.2 Å². The number of hydrogen-bond acceptors (Lipinski definition) is 3. The molecule has 0 fully saturated rings. The highest BCUT2D eigenvalue weighted by molar-refractivity contribution is 5.77. The zero-order valence-corrected chi connectivity index (χ0v) is 14.7. The van der Waals surface area contributed by atoms with Gasteiger partial charge < -0.3 is 5.32 Å². The van der Waals surface area contributed by atoms with Gasteiger partial charge in [-0.05, 0) is 24.1 Å². The number of H-pyrrole nitrogens is 1. The molecule has 0 aliphatic carbocycles. The minimum absolute atomic E-state index is 0.0792. The fourth-order valence-electron chi connectivity index (χ4n) is 2.50. The molecule has 9 heteroatoms. The van der Waals surface area contributed by atoms with Gasteiger partial charge in [-0.25, -0.2) is 14.2 Å². The van der Waals surface area contributed by atoms with Gasteiger partial charge in [-0.2, -0.15) is 13.2 Å². The van der Waals surface area contributed by atoms with Crippen LogP contribution >= 0.6 is 0 Å². The van der Waals surface area contributed by atoms with Crippen molar-refractivity contribution in [2.24, 2.45) is 0 Å². The molecule has 1 heterocycles. The minimum atomic E-state index is -4.50. The van der Waals surface area contributed by atoms with E-state index in [0.717, 1.165) is 56.1 Å².